The molecule has 0 radical (unpaired) electrons. The van der Waals surface area contributed by atoms with Crippen LogP contribution in [-0.2, 0) is 27.4 Å². The fourth-order valence-corrected chi connectivity index (χ4v) is 3.50. The Morgan fingerprint density at radius 1 is 0.958 bits per heavy atom. The van der Waals surface area contributed by atoms with Crippen LogP contribution in [0.1, 0.15) is 17.5 Å². The Morgan fingerprint density at radius 2 is 1.58 bits per heavy atom. The molecule has 4 nitrogen and oxygen atoms in total. The number of ether oxygens (including phenoxy) is 3. The highest BCUT2D eigenvalue weighted by Gasteiger charge is 2.70. The molecule has 1 aliphatic carbocycles. The van der Waals surface area contributed by atoms with Gasteiger partial charge in [0.15, 0.2) is 0 Å². The number of fused-ring (bicyclic) bond motifs is 1. The van der Waals surface area contributed by atoms with Gasteiger partial charge < -0.3 is 19.3 Å². The third-order valence-corrected chi connectivity index (χ3v) is 4.85. The Hall–Kier alpha value is -1.72. The summed E-state index contributed by atoms with van der Waals surface area (Å²) in [5.41, 5.74) is 1.77. The monoisotopic (exact) mass is 326 g/mol. The van der Waals surface area contributed by atoms with Gasteiger partial charge >= 0.3 is 0 Å². The van der Waals surface area contributed by atoms with Crippen molar-refractivity contribution in [2.75, 3.05) is 6.61 Å². The molecule has 1 aliphatic heterocycles. The summed E-state index contributed by atoms with van der Waals surface area (Å²) in [7, 11) is 0. The lowest BCUT2D eigenvalue weighted by molar-refractivity contribution is -0.0634. The van der Waals surface area contributed by atoms with E-state index in [0.29, 0.717) is 26.2 Å². The quantitative estimate of drug-likeness (QED) is 0.795. The number of rotatable bonds is 7. The Bertz CT molecular complexity index is 660. The number of hydrogen-bond acceptors (Lipinski definition) is 4. The van der Waals surface area contributed by atoms with Crippen molar-refractivity contribution in [3.63, 3.8) is 0 Å². The second kappa shape index (κ2) is 6.65. The van der Waals surface area contributed by atoms with E-state index >= 15 is 0 Å². The van der Waals surface area contributed by atoms with Crippen molar-refractivity contribution < 1.29 is 19.3 Å². The lowest BCUT2D eigenvalue weighted by Gasteiger charge is -2.21. The van der Waals surface area contributed by atoms with Gasteiger partial charge in [-0.15, -0.1) is 0 Å². The van der Waals surface area contributed by atoms with Gasteiger partial charge in [-0.3, -0.25) is 0 Å². The summed E-state index contributed by atoms with van der Waals surface area (Å²) >= 11 is 0. The molecule has 0 spiro atoms. The topological polar surface area (TPSA) is 51.2 Å². The first-order chi connectivity index (χ1) is 11.8. The van der Waals surface area contributed by atoms with Crippen molar-refractivity contribution in [1.29, 1.82) is 0 Å². The highest BCUT2D eigenvalue weighted by Crippen LogP contribution is 2.51. The lowest BCUT2D eigenvalue weighted by atomic mass is 10.1. The Kier molecular flexibility index (Phi) is 4.37. The van der Waals surface area contributed by atoms with E-state index in [4.69, 9.17) is 14.2 Å². The van der Waals surface area contributed by atoms with Gasteiger partial charge in [0, 0.05) is 6.42 Å². The second-order valence-electron chi connectivity index (χ2n) is 6.56. The zero-order chi connectivity index (χ0) is 16.4. The van der Waals surface area contributed by atoms with Crippen molar-refractivity contribution in [2.45, 2.75) is 43.5 Å². The molecule has 0 bridgehead atoms. The molecule has 0 aromatic heterocycles. The Morgan fingerprint density at radius 3 is 2.21 bits per heavy atom. The van der Waals surface area contributed by atoms with Gasteiger partial charge in [0.25, 0.3) is 0 Å². The van der Waals surface area contributed by atoms with Crippen molar-refractivity contribution in [2.24, 2.45) is 0 Å². The molecule has 4 rings (SSSR count). The van der Waals surface area contributed by atoms with Crippen LogP contribution in [0.2, 0.25) is 0 Å². The minimum Gasteiger partial charge on any atom is -0.390 e. The molecule has 2 aliphatic rings. The van der Waals surface area contributed by atoms with Crippen LogP contribution < -0.4 is 0 Å². The average Bonchev–Trinajstić information content (AvgIpc) is 3.30. The van der Waals surface area contributed by atoms with Crippen LogP contribution in [0.25, 0.3) is 0 Å². The normalized spacial score (nSPS) is 31.0. The number of benzene rings is 2. The highest BCUT2D eigenvalue weighted by molar-refractivity contribution is 5.19. The first-order valence-corrected chi connectivity index (χ1v) is 8.41. The first kappa shape index (κ1) is 15.8. The first-order valence-electron chi connectivity index (χ1n) is 8.41. The van der Waals surface area contributed by atoms with Gasteiger partial charge in [0.1, 0.15) is 11.7 Å². The molecule has 0 unspecified atom stereocenters. The Labute approximate surface area is 142 Å². The molecule has 24 heavy (non-hydrogen) atoms. The van der Waals surface area contributed by atoms with Crippen LogP contribution in [0, 0.1) is 0 Å². The molecule has 1 N–H and O–H groups in total. The van der Waals surface area contributed by atoms with Gasteiger partial charge in [-0.05, 0) is 11.1 Å². The third-order valence-electron chi connectivity index (χ3n) is 4.85. The maximum atomic E-state index is 10.1. The molecular weight excluding hydrogens is 304 g/mol. The highest BCUT2D eigenvalue weighted by atomic mass is 16.7. The molecule has 126 valence electrons. The standard InChI is InChI=1S/C20H22O4/c21-17-11-18(23-13-16-9-5-2-6-10-16)20(19(17)24-20)14-22-12-15-7-3-1-4-8-15/h1-10,17-19,21H,11-14H2/t17-,18+,19-,20+/m1/s1. The summed E-state index contributed by atoms with van der Waals surface area (Å²) in [6.07, 6.45) is -0.153. The maximum absolute atomic E-state index is 10.1. The molecule has 4 atom stereocenters. The summed E-state index contributed by atoms with van der Waals surface area (Å²) < 4.78 is 17.7. The van der Waals surface area contributed by atoms with Gasteiger partial charge in [-0.25, -0.2) is 0 Å². The van der Waals surface area contributed by atoms with E-state index in [9.17, 15) is 5.11 Å². The van der Waals surface area contributed by atoms with Crippen LogP contribution in [0.4, 0.5) is 0 Å². The SMILES string of the molecule is O[C@@H]1C[C@H](OCc2ccccc2)[C@]2(COCc3ccccc3)O[C@H]12. The minimum absolute atomic E-state index is 0.131. The molecule has 4 heteroatoms. The third kappa shape index (κ3) is 3.10. The van der Waals surface area contributed by atoms with Crippen LogP contribution in [-0.4, -0.2) is 35.6 Å². The summed E-state index contributed by atoms with van der Waals surface area (Å²) in [5, 5.41) is 10.1. The fraction of sp³-hybridized carbons (Fsp3) is 0.400. The number of hydrogen-bond donors (Lipinski definition) is 1. The number of aliphatic hydroxyl groups excluding tert-OH is 1. The van der Waals surface area contributed by atoms with Crippen LogP contribution >= 0.6 is 0 Å². The minimum atomic E-state index is -0.483. The molecule has 1 saturated carbocycles. The van der Waals surface area contributed by atoms with Gasteiger partial charge in [-0.2, -0.15) is 0 Å². The molecule has 1 heterocycles. The predicted molar refractivity (Wildman–Crippen MR) is 89.3 cm³/mol. The largest absolute Gasteiger partial charge is 0.390 e. The predicted octanol–water partition coefficient (Wildman–Crippen LogP) is 2.69. The summed E-state index contributed by atoms with van der Waals surface area (Å²) in [4.78, 5) is 0. The van der Waals surface area contributed by atoms with Gasteiger partial charge in [0.05, 0.1) is 32.0 Å². The van der Waals surface area contributed by atoms with Crippen molar-refractivity contribution in [3.8, 4) is 0 Å². The maximum Gasteiger partial charge on any atom is 0.147 e. The van der Waals surface area contributed by atoms with E-state index in [0.717, 1.165) is 11.1 Å². The lowest BCUT2D eigenvalue weighted by Crippen LogP contribution is -2.34. The summed E-state index contributed by atoms with van der Waals surface area (Å²) in [6.45, 7) is 1.51. The van der Waals surface area contributed by atoms with Crippen molar-refractivity contribution in [1.82, 2.24) is 0 Å². The van der Waals surface area contributed by atoms with Crippen LogP contribution in [0.5, 0.6) is 0 Å². The molecule has 2 aromatic rings. The van der Waals surface area contributed by atoms with E-state index < -0.39 is 11.7 Å². The molecule has 0 amide bonds. The smallest absolute Gasteiger partial charge is 0.147 e. The molecular formula is C20H22O4. The zero-order valence-corrected chi connectivity index (χ0v) is 13.5. The second-order valence-corrected chi connectivity index (χ2v) is 6.56. The van der Waals surface area contributed by atoms with E-state index in [-0.39, 0.29) is 12.2 Å². The summed E-state index contributed by atoms with van der Waals surface area (Å²) in [5.74, 6) is 0. The molecule has 2 fully saturated rings. The van der Waals surface area contributed by atoms with Crippen LogP contribution in [0.3, 0.4) is 0 Å². The van der Waals surface area contributed by atoms with E-state index in [1.807, 2.05) is 60.7 Å². The van der Waals surface area contributed by atoms with Crippen molar-refractivity contribution in [3.05, 3.63) is 71.8 Å². The number of epoxide rings is 1. The van der Waals surface area contributed by atoms with Crippen LogP contribution in [0.15, 0.2) is 60.7 Å². The van der Waals surface area contributed by atoms with Gasteiger partial charge in [-0.1, -0.05) is 60.7 Å². The molecule has 1 saturated heterocycles. The molecule has 2 aromatic carbocycles. The van der Waals surface area contributed by atoms with E-state index in [1.54, 1.807) is 0 Å². The average molecular weight is 326 g/mol. The van der Waals surface area contributed by atoms with E-state index in [2.05, 4.69) is 0 Å². The number of aliphatic hydroxyl groups is 1. The fourth-order valence-electron chi connectivity index (χ4n) is 3.50. The summed E-state index contributed by atoms with van der Waals surface area (Å²) in [6, 6.07) is 20.1. The zero-order valence-electron chi connectivity index (χ0n) is 13.5. The van der Waals surface area contributed by atoms with E-state index in [1.165, 1.54) is 0 Å². The van der Waals surface area contributed by atoms with Crippen molar-refractivity contribution >= 4 is 0 Å². The Balaban J connectivity index is 1.34. The van der Waals surface area contributed by atoms with Gasteiger partial charge in [0.2, 0.25) is 0 Å².